The molecule has 0 saturated carbocycles. The van der Waals surface area contributed by atoms with Gasteiger partial charge in [-0.2, -0.15) is 0 Å². The lowest BCUT2D eigenvalue weighted by molar-refractivity contribution is -0.119. The zero-order valence-corrected chi connectivity index (χ0v) is 14.1. The van der Waals surface area contributed by atoms with E-state index >= 15 is 0 Å². The molecule has 0 aliphatic heterocycles. The average Bonchev–Trinajstić information content (AvgIpc) is 3.12. The second-order valence-corrected chi connectivity index (χ2v) is 6.33. The van der Waals surface area contributed by atoms with Crippen LogP contribution in [0.15, 0.2) is 21.9 Å². The Labute approximate surface area is 138 Å². The molecule has 2 amide bonds. The van der Waals surface area contributed by atoms with Gasteiger partial charge < -0.3 is 20.8 Å². The van der Waals surface area contributed by atoms with E-state index in [2.05, 4.69) is 15.6 Å². The molecule has 8 heteroatoms. The first-order valence-electron chi connectivity index (χ1n) is 7.22. The van der Waals surface area contributed by atoms with Crippen molar-refractivity contribution in [2.45, 2.75) is 33.4 Å². The van der Waals surface area contributed by atoms with Crippen molar-refractivity contribution >= 4 is 28.3 Å². The summed E-state index contributed by atoms with van der Waals surface area (Å²) < 4.78 is 5.62. The molecule has 23 heavy (non-hydrogen) atoms. The quantitative estimate of drug-likeness (QED) is 0.747. The van der Waals surface area contributed by atoms with Crippen molar-refractivity contribution in [1.29, 1.82) is 0 Å². The molecular formula is C15H20N4O3S. The Morgan fingerprint density at radius 3 is 2.78 bits per heavy atom. The zero-order valence-electron chi connectivity index (χ0n) is 13.3. The highest BCUT2D eigenvalue weighted by molar-refractivity contribution is 7.14. The third-order valence-corrected chi connectivity index (χ3v) is 3.94. The molecule has 2 aromatic rings. The Morgan fingerprint density at radius 2 is 2.13 bits per heavy atom. The number of carbonyl (C=O) groups excluding carboxylic acids is 2. The molecule has 7 nitrogen and oxygen atoms in total. The summed E-state index contributed by atoms with van der Waals surface area (Å²) in [5.74, 6) is 0.886. The van der Waals surface area contributed by atoms with E-state index in [4.69, 9.17) is 10.2 Å². The van der Waals surface area contributed by atoms with Crippen LogP contribution >= 0.6 is 11.3 Å². The van der Waals surface area contributed by atoms with Crippen LogP contribution in [-0.4, -0.2) is 22.8 Å². The van der Waals surface area contributed by atoms with E-state index in [9.17, 15) is 9.59 Å². The van der Waals surface area contributed by atoms with Gasteiger partial charge in [-0.1, -0.05) is 13.8 Å². The van der Waals surface area contributed by atoms with E-state index in [1.54, 1.807) is 17.5 Å². The molecule has 0 bridgehead atoms. The molecule has 0 fully saturated rings. The second kappa shape index (κ2) is 7.38. The van der Waals surface area contributed by atoms with Crippen molar-refractivity contribution in [3.63, 3.8) is 0 Å². The van der Waals surface area contributed by atoms with Crippen molar-refractivity contribution in [2.75, 3.05) is 5.32 Å². The molecule has 2 rings (SSSR count). The van der Waals surface area contributed by atoms with E-state index < -0.39 is 6.04 Å². The molecule has 4 N–H and O–H groups in total. The van der Waals surface area contributed by atoms with Crippen LogP contribution in [0.4, 0.5) is 5.13 Å². The van der Waals surface area contributed by atoms with Gasteiger partial charge in [-0.05, 0) is 18.1 Å². The summed E-state index contributed by atoms with van der Waals surface area (Å²) >= 11 is 1.30. The summed E-state index contributed by atoms with van der Waals surface area (Å²) in [6.45, 7) is 5.54. The van der Waals surface area contributed by atoms with Gasteiger partial charge in [0.2, 0.25) is 11.8 Å². The molecule has 0 radical (unpaired) electrons. The van der Waals surface area contributed by atoms with Gasteiger partial charge in [-0.25, -0.2) is 4.98 Å². The van der Waals surface area contributed by atoms with Crippen LogP contribution in [0.25, 0.3) is 11.5 Å². The van der Waals surface area contributed by atoms with Gasteiger partial charge >= 0.3 is 0 Å². The Hall–Kier alpha value is -2.19. The molecule has 0 aliphatic carbocycles. The van der Waals surface area contributed by atoms with E-state index in [0.29, 0.717) is 28.9 Å². The van der Waals surface area contributed by atoms with Gasteiger partial charge in [0.15, 0.2) is 10.9 Å². The number of hydrogen-bond donors (Lipinski definition) is 3. The Kier molecular flexibility index (Phi) is 5.51. The van der Waals surface area contributed by atoms with Crippen LogP contribution in [0.5, 0.6) is 0 Å². The zero-order chi connectivity index (χ0) is 17.0. The number of aromatic nitrogens is 1. The molecule has 124 valence electrons. The number of carbonyl (C=O) groups is 2. The van der Waals surface area contributed by atoms with Crippen LogP contribution in [0, 0.1) is 5.92 Å². The highest BCUT2D eigenvalue weighted by atomic mass is 32.1. The minimum absolute atomic E-state index is 0.0517. The maximum atomic E-state index is 11.9. The number of nitrogens with one attached hydrogen (secondary N) is 2. The number of anilines is 1. The fourth-order valence-corrected chi connectivity index (χ4v) is 2.46. The van der Waals surface area contributed by atoms with Crippen molar-refractivity contribution < 1.29 is 14.0 Å². The summed E-state index contributed by atoms with van der Waals surface area (Å²) in [5.41, 5.74) is 6.42. The molecule has 0 spiro atoms. The number of nitrogens with zero attached hydrogens (tertiary/aromatic N) is 1. The van der Waals surface area contributed by atoms with Crippen LogP contribution in [0.2, 0.25) is 0 Å². The topological polar surface area (TPSA) is 110 Å². The number of rotatable bonds is 6. The van der Waals surface area contributed by atoms with Gasteiger partial charge in [0.25, 0.3) is 0 Å². The lowest BCUT2D eigenvalue weighted by atomic mass is 10.1. The standard InChI is InChI=1S/C15H20N4O3S/c1-8(2)13(16)14(21)19-15-18-11(7-23-15)12-5-4-10(22-12)6-17-9(3)20/h4-5,7-8,13H,6,16H2,1-3H3,(H,17,20)(H,18,19,21)/t13-/m0/s1. The van der Waals surface area contributed by atoms with Crippen molar-refractivity contribution in [3.8, 4) is 11.5 Å². The number of thiazole rings is 1. The van der Waals surface area contributed by atoms with E-state index in [0.717, 1.165) is 0 Å². The van der Waals surface area contributed by atoms with E-state index in [1.165, 1.54) is 18.3 Å². The smallest absolute Gasteiger partial charge is 0.243 e. The second-order valence-electron chi connectivity index (χ2n) is 5.47. The third-order valence-electron chi connectivity index (χ3n) is 3.18. The van der Waals surface area contributed by atoms with Gasteiger partial charge in [0, 0.05) is 12.3 Å². The normalized spacial score (nSPS) is 12.2. The first kappa shape index (κ1) is 17.2. The van der Waals surface area contributed by atoms with Crippen LogP contribution < -0.4 is 16.4 Å². The van der Waals surface area contributed by atoms with Crippen molar-refractivity contribution in [3.05, 3.63) is 23.3 Å². The maximum Gasteiger partial charge on any atom is 0.243 e. The fraction of sp³-hybridized carbons (Fsp3) is 0.400. The summed E-state index contributed by atoms with van der Waals surface area (Å²) in [7, 11) is 0. The molecule has 2 aromatic heterocycles. The van der Waals surface area contributed by atoms with Crippen molar-refractivity contribution in [1.82, 2.24) is 10.3 Å². The predicted molar refractivity (Wildman–Crippen MR) is 88.8 cm³/mol. The molecule has 0 saturated heterocycles. The highest BCUT2D eigenvalue weighted by Crippen LogP contribution is 2.26. The number of nitrogens with two attached hydrogens (primary N) is 1. The molecule has 0 aromatic carbocycles. The minimum atomic E-state index is -0.574. The number of hydrogen-bond acceptors (Lipinski definition) is 6. The minimum Gasteiger partial charge on any atom is -0.458 e. The summed E-state index contributed by atoms with van der Waals surface area (Å²) in [5, 5.41) is 7.63. The Bertz CT molecular complexity index is 692. The monoisotopic (exact) mass is 336 g/mol. The molecule has 2 heterocycles. The van der Waals surface area contributed by atoms with Gasteiger partial charge in [0.1, 0.15) is 11.5 Å². The summed E-state index contributed by atoms with van der Waals surface area (Å²) in [6, 6.07) is 2.98. The lowest BCUT2D eigenvalue weighted by Crippen LogP contribution is -2.39. The van der Waals surface area contributed by atoms with Crippen LogP contribution in [0.3, 0.4) is 0 Å². The first-order chi connectivity index (χ1) is 10.9. The Balaban J connectivity index is 2.02. The third kappa shape index (κ3) is 4.64. The highest BCUT2D eigenvalue weighted by Gasteiger charge is 2.19. The summed E-state index contributed by atoms with van der Waals surface area (Å²) in [6.07, 6.45) is 0. The molecular weight excluding hydrogens is 316 g/mol. The van der Waals surface area contributed by atoms with Gasteiger partial charge in [0.05, 0.1) is 12.6 Å². The number of amides is 2. The SMILES string of the molecule is CC(=O)NCc1ccc(-c2csc(NC(=O)[C@@H](N)C(C)C)n2)o1. The van der Waals surface area contributed by atoms with Gasteiger partial charge in [-0.15, -0.1) is 11.3 Å². The summed E-state index contributed by atoms with van der Waals surface area (Å²) in [4.78, 5) is 27.1. The predicted octanol–water partition coefficient (Wildman–Crippen LogP) is 1.96. The first-order valence-corrected chi connectivity index (χ1v) is 8.10. The fourth-order valence-electron chi connectivity index (χ4n) is 1.76. The van der Waals surface area contributed by atoms with Gasteiger partial charge in [-0.3, -0.25) is 9.59 Å². The van der Waals surface area contributed by atoms with Crippen LogP contribution in [0.1, 0.15) is 26.5 Å². The Morgan fingerprint density at radius 1 is 1.39 bits per heavy atom. The molecule has 0 unspecified atom stereocenters. The van der Waals surface area contributed by atoms with Crippen LogP contribution in [-0.2, 0) is 16.1 Å². The maximum absolute atomic E-state index is 11.9. The largest absolute Gasteiger partial charge is 0.458 e. The van der Waals surface area contributed by atoms with Crippen molar-refractivity contribution in [2.24, 2.45) is 11.7 Å². The molecule has 1 atom stereocenters. The average molecular weight is 336 g/mol. The molecule has 0 aliphatic rings. The number of furan rings is 1. The van der Waals surface area contributed by atoms with E-state index in [-0.39, 0.29) is 17.7 Å². The van der Waals surface area contributed by atoms with E-state index in [1.807, 2.05) is 13.8 Å². The lowest BCUT2D eigenvalue weighted by Gasteiger charge is -2.13.